The zero-order valence-corrected chi connectivity index (χ0v) is 10.9. The van der Waals surface area contributed by atoms with E-state index in [0.29, 0.717) is 12.0 Å². The largest absolute Gasteiger partial charge is 0.353 e. The van der Waals surface area contributed by atoms with Crippen LogP contribution in [0.15, 0.2) is 0 Å². The summed E-state index contributed by atoms with van der Waals surface area (Å²) >= 11 is 0. The van der Waals surface area contributed by atoms with Crippen molar-refractivity contribution in [2.45, 2.75) is 52.5 Å². The zero-order chi connectivity index (χ0) is 12.0. The van der Waals surface area contributed by atoms with Crippen LogP contribution in [-0.2, 0) is 4.79 Å². The third-order valence-electron chi connectivity index (χ3n) is 3.42. The molecule has 1 rings (SSSR count). The van der Waals surface area contributed by atoms with Gasteiger partial charge in [0.25, 0.3) is 0 Å². The van der Waals surface area contributed by atoms with Gasteiger partial charge < -0.3 is 10.6 Å². The topological polar surface area (TPSA) is 41.1 Å². The Bertz CT molecular complexity index is 218. The summed E-state index contributed by atoms with van der Waals surface area (Å²) in [5, 5.41) is 6.51. The number of carbonyl (C=O) groups excluding carboxylic acids is 1. The van der Waals surface area contributed by atoms with Crippen LogP contribution in [0.5, 0.6) is 0 Å². The van der Waals surface area contributed by atoms with E-state index < -0.39 is 0 Å². The lowest BCUT2D eigenvalue weighted by atomic mass is 9.91. The standard InChI is InChI=1S/C13H26N2O/c1-4-6-12(5-2)15-13(16)11-7-10(3)8-14-9-11/h10-12,14H,4-9H2,1-3H3,(H,15,16). The average Bonchev–Trinajstić information content (AvgIpc) is 2.28. The summed E-state index contributed by atoms with van der Waals surface area (Å²) in [6, 6.07) is 0.370. The highest BCUT2D eigenvalue weighted by atomic mass is 16.2. The summed E-state index contributed by atoms with van der Waals surface area (Å²) in [6.45, 7) is 8.41. The molecular weight excluding hydrogens is 200 g/mol. The van der Waals surface area contributed by atoms with Gasteiger partial charge in [-0.25, -0.2) is 0 Å². The number of hydrogen-bond acceptors (Lipinski definition) is 2. The Balaban J connectivity index is 2.37. The van der Waals surface area contributed by atoms with Gasteiger partial charge in [-0.3, -0.25) is 4.79 Å². The normalized spacial score (nSPS) is 27.4. The minimum Gasteiger partial charge on any atom is -0.353 e. The second kappa shape index (κ2) is 6.89. The van der Waals surface area contributed by atoms with Gasteiger partial charge in [0.15, 0.2) is 0 Å². The van der Waals surface area contributed by atoms with Gasteiger partial charge in [-0.2, -0.15) is 0 Å². The van der Waals surface area contributed by atoms with Crippen LogP contribution < -0.4 is 10.6 Å². The first-order valence-electron chi connectivity index (χ1n) is 6.68. The van der Waals surface area contributed by atoms with E-state index >= 15 is 0 Å². The summed E-state index contributed by atoms with van der Waals surface area (Å²) < 4.78 is 0. The maximum Gasteiger partial charge on any atom is 0.224 e. The van der Waals surface area contributed by atoms with Crippen LogP contribution in [0.2, 0.25) is 0 Å². The average molecular weight is 226 g/mol. The van der Waals surface area contributed by atoms with E-state index in [9.17, 15) is 4.79 Å². The van der Waals surface area contributed by atoms with Crippen LogP contribution in [0, 0.1) is 11.8 Å². The SMILES string of the molecule is CCCC(CC)NC(=O)C1CNCC(C)C1. The Labute approximate surface area is 99.4 Å². The predicted octanol–water partition coefficient (Wildman–Crippen LogP) is 1.93. The van der Waals surface area contributed by atoms with E-state index in [1.807, 2.05) is 0 Å². The Morgan fingerprint density at radius 2 is 2.19 bits per heavy atom. The first-order valence-corrected chi connectivity index (χ1v) is 6.68. The van der Waals surface area contributed by atoms with Crippen LogP contribution in [0.4, 0.5) is 0 Å². The monoisotopic (exact) mass is 226 g/mol. The number of nitrogens with one attached hydrogen (secondary N) is 2. The Hall–Kier alpha value is -0.570. The first kappa shape index (κ1) is 13.5. The second-order valence-corrected chi connectivity index (χ2v) is 5.10. The van der Waals surface area contributed by atoms with Crippen LogP contribution in [-0.4, -0.2) is 25.0 Å². The van der Waals surface area contributed by atoms with Crippen molar-refractivity contribution in [1.82, 2.24) is 10.6 Å². The number of piperidine rings is 1. The molecule has 1 amide bonds. The van der Waals surface area contributed by atoms with E-state index in [0.717, 1.165) is 38.8 Å². The van der Waals surface area contributed by atoms with Gasteiger partial charge in [0.05, 0.1) is 5.92 Å². The van der Waals surface area contributed by atoms with Crippen molar-refractivity contribution in [1.29, 1.82) is 0 Å². The third kappa shape index (κ3) is 4.12. The lowest BCUT2D eigenvalue weighted by Gasteiger charge is -2.28. The van der Waals surface area contributed by atoms with Crippen molar-refractivity contribution < 1.29 is 4.79 Å². The van der Waals surface area contributed by atoms with Gasteiger partial charge in [0, 0.05) is 12.6 Å². The van der Waals surface area contributed by atoms with E-state index in [2.05, 4.69) is 31.4 Å². The number of rotatable bonds is 5. The van der Waals surface area contributed by atoms with Crippen molar-refractivity contribution in [3.63, 3.8) is 0 Å². The number of amides is 1. The van der Waals surface area contributed by atoms with Gasteiger partial charge >= 0.3 is 0 Å². The molecule has 3 heteroatoms. The Kier molecular flexibility index (Phi) is 5.81. The van der Waals surface area contributed by atoms with Crippen LogP contribution in [0.25, 0.3) is 0 Å². The lowest BCUT2D eigenvalue weighted by Crippen LogP contribution is -2.46. The molecule has 0 aromatic rings. The maximum atomic E-state index is 12.0. The maximum absolute atomic E-state index is 12.0. The molecule has 0 bridgehead atoms. The highest BCUT2D eigenvalue weighted by Gasteiger charge is 2.25. The van der Waals surface area contributed by atoms with Gasteiger partial charge in [-0.1, -0.05) is 27.2 Å². The first-order chi connectivity index (χ1) is 7.67. The summed E-state index contributed by atoms with van der Waals surface area (Å²) in [5.74, 6) is 1.05. The highest BCUT2D eigenvalue weighted by Crippen LogP contribution is 2.16. The van der Waals surface area contributed by atoms with Crippen molar-refractivity contribution in [2.75, 3.05) is 13.1 Å². The summed E-state index contributed by atoms with van der Waals surface area (Å²) in [4.78, 5) is 12.0. The van der Waals surface area contributed by atoms with Gasteiger partial charge in [0.1, 0.15) is 0 Å². The molecule has 0 saturated carbocycles. The fourth-order valence-electron chi connectivity index (χ4n) is 2.40. The van der Waals surface area contributed by atoms with Crippen molar-refractivity contribution in [3.05, 3.63) is 0 Å². The molecule has 16 heavy (non-hydrogen) atoms. The van der Waals surface area contributed by atoms with Crippen molar-refractivity contribution >= 4 is 5.91 Å². The summed E-state index contributed by atoms with van der Waals surface area (Å²) in [6.07, 6.45) is 4.30. The third-order valence-corrected chi connectivity index (χ3v) is 3.42. The van der Waals surface area contributed by atoms with E-state index in [1.54, 1.807) is 0 Å². The Morgan fingerprint density at radius 1 is 1.44 bits per heavy atom. The minimum absolute atomic E-state index is 0.176. The summed E-state index contributed by atoms with van der Waals surface area (Å²) in [5.41, 5.74) is 0. The molecule has 1 aliphatic heterocycles. The van der Waals surface area contributed by atoms with Crippen molar-refractivity contribution in [2.24, 2.45) is 11.8 Å². The molecule has 1 heterocycles. The van der Waals surface area contributed by atoms with Gasteiger partial charge in [0.2, 0.25) is 5.91 Å². The predicted molar refractivity (Wildman–Crippen MR) is 67.3 cm³/mol. The van der Waals surface area contributed by atoms with E-state index in [4.69, 9.17) is 0 Å². The molecule has 3 atom stereocenters. The molecule has 3 unspecified atom stereocenters. The van der Waals surface area contributed by atoms with Gasteiger partial charge in [-0.15, -0.1) is 0 Å². The van der Waals surface area contributed by atoms with Crippen molar-refractivity contribution in [3.8, 4) is 0 Å². The lowest BCUT2D eigenvalue weighted by molar-refractivity contribution is -0.126. The number of carbonyl (C=O) groups is 1. The van der Waals surface area contributed by atoms with E-state index in [-0.39, 0.29) is 11.8 Å². The molecule has 1 aliphatic rings. The molecule has 0 spiro atoms. The fourth-order valence-corrected chi connectivity index (χ4v) is 2.40. The fraction of sp³-hybridized carbons (Fsp3) is 0.923. The minimum atomic E-state index is 0.176. The summed E-state index contributed by atoms with van der Waals surface area (Å²) in [7, 11) is 0. The molecule has 3 nitrogen and oxygen atoms in total. The molecule has 1 saturated heterocycles. The molecule has 94 valence electrons. The van der Waals surface area contributed by atoms with Gasteiger partial charge in [-0.05, 0) is 31.7 Å². The molecule has 0 aromatic heterocycles. The molecule has 0 aliphatic carbocycles. The smallest absolute Gasteiger partial charge is 0.224 e. The molecule has 0 aromatic carbocycles. The molecular formula is C13H26N2O. The highest BCUT2D eigenvalue weighted by molar-refractivity contribution is 5.79. The van der Waals surface area contributed by atoms with Crippen LogP contribution in [0.1, 0.15) is 46.5 Å². The molecule has 1 fully saturated rings. The zero-order valence-electron chi connectivity index (χ0n) is 10.9. The number of hydrogen-bond donors (Lipinski definition) is 2. The van der Waals surface area contributed by atoms with E-state index in [1.165, 1.54) is 0 Å². The quantitative estimate of drug-likeness (QED) is 0.752. The second-order valence-electron chi connectivity index (χ2n) is 5.10. The molecule has 2 N–H and O–H groups in total. The Morgan fingerprint density at radius 3 is 2.75 bits per heavy atom. The van der Waals surface area contributed by atoms with Crippen LogP contribution >= 0.6 is 0 Å². The molecule has 0 radical (unpaired) electrons. The van der Waals surface area contributed by atoms with Crippen LogP contribution in [0.3, 0.4) is 0 Å².